The van der Waals surface area contributed by atoms with E-state index in [1.165, 1.54) is 0 Å². The van der Waals surface area contributed by atoms with Crippen molar-refractivity contribution in [2.24, 2.45) is 5.92 Å². The molecule has 3 aromatic rings. The maximum atomic E-state index is 13.2. The van der Waals surface area contributed by atoms with Crippen molar-refractivity contribution in [1.82, 2.24) is 4.98 Å². The number of fused-ring (bicyclic) bond motifs is 2. The third-order valence-electron chi connectivity index (χ3n) is 5.29. The number of benzene rings is 2. The van der Waals surface area contributed by atoms with Crippen LogP contribution < -0.4 is 4.74 Å². The predicted molar refractivity (Wildman–Crippen MR) is 112 cm³/mol. The summed E-state index contributed by atoms with van der Waals surface area (Å²) in [6, 6.07) is 17.7. The van der Waals surface area contributed by atoms with E-state index in [0.717, 1.165) is 28.6 Å². The van der Waals surface area contributed by atoms with Gasteiger partial charge < -0.3 is 14.2 Å². The molecule has 2 aromatic carbocycles. The zero-order chi connectivity index (χ0) is 20.2. The molecule has 0 saturated heterocycles. The van der Waals surface area contributed by atoms with E-state index in [2.05, 4.69) is 0 Å². The second-order valence-electron chi connectivity index (χ2n) is 7.13. The molecule has 2 heterocycles. The monoisotopic (exact) mass is 391 g/mol. The molecular weight excluding hydrogens is 366 g/mol. The number of ether oxygens (including phenoxy) is 3. The summed E-state index contributed by atoms with van der Waals surface area (Å²) in [7, 11) is 1.58. The number of nitrogens with zero attached hydrogens (tertiary/aromatic N) is 1. The molecule has 29 heavy (non-hydrogen) atoms. The first-order valence-electron chi connectivity index (χ1n) is 10.0. The number of rotatable bonds is 7. The van der Waals surface area contributed by atoms with Gasteiger partial charge in [-0.25, -0.2) is 4.98 Å². The molecule has 5 heteroatoms. The molecule has 0 aliphatic carbocycles. The average molecular weight is 391 g/mol. The first-order valence-corrected chi connectivity index (χ1v) is 10.0. The van der Waals surface area contributed by atoms with Gasteiger partial charge in [0.15, 0.2) is 5.78 Å². The Morgan fingerprint density at radius 1 is 1.10 bits per heavy atom. The van der Waals surface area contributed by atoms with Gasteiger partial charge in [0.25, 0.3) is 0 Å². The van der Waals surface area contributed by atoms with Crippen molar-refractivity contribution in [3.63, 3.8) is 0 Å². The van der Waals surface area contributed by atoms with Crippen LogP contribution in [-0.4, -0.2) is 37.4 Å². The van der Waals surface area contributed by atoms with Crippen molar-refractivity contribution in [3.05, 3.63) is 60.2 Å². The molecular formula is C24H25NO4. The van der Waals surface area contributed by atoms with Crippen LogP contribution in [0.1, 0.15) is 30.1 Å². The number of para-hydroxylation sites is 1. The number of carbonyl (C=O) groups is 1. The number of methoxy groups -OCH3 is 1. The first kappa shape index (κ1) is 19.6. The lowest BCUT2D eigenvalue weighted by Gasteiger charge is -2.31. The highest BCUT2D eigenvalue weighted by atomic mass is 16.7. The number of hydrogen-bond donors (Lipinski definition) is 0. The lowest BCUT2D eigenvalue weighted by molar-refractivity contribution is -0.0910. The van der Waals surface area contributed by atoms with E-state index in [1.54, 1.807) is 7.11 Å². The number of carbonyl (C=O) groups excluding carboxylic acids is 1. The van der Waals surface area contributed by atoms with Crippen LogP contribution in [0, 0.1) is 5.92 Å². The van der Waals surface area contributed by atoms with E-state index in [9.17, 15) is 4.79 Å². The van der Waals surface area contributed by atoms with E-state index in [1.807, 2.05) is 61.5 Å². The maximum Gasteiger partial charge on any atom is 0.209 e. The first-order chi connectivity index (χ1) is 14.2. The summed E-state index contributed by atoms with van der Waals surface area (Å²) in [5.41, 5.74) is 3.25. The van der Waals surface area contributed by atoms with Crippen molar-refractivity contribution in [3.8, 4) is 17.0 Å². The fourth-order valence-corrected chi connectivity index (χ4v) is 3.77. The SMILES string of the molecule is CCOCCCC1C(=O)c2cc(-c3ccc4ccccc4n3)ccc2OC1OC. The minimum atomic E-state index is -0.568. The van der Waals surface area contributed by atoms with Crippen LogP contribution in [0.5, 0.6) is 5.75 Å². The number of pyridine rings is 1. The van der Waals surface area contributed by atoms with Gasteiger partial charge in [-0.1, -0.05) is 24.3 Å². The largest absolute Gasteiger partial charge is 0.463 e. The summed E-state index contributed by atoms with van der Waals surface area (Å²) in [5.74, 6) is 0.275. The normalized spacial score (nSPS) is 18.5. The van der Waals surface area contributed by atoms with Gasteiger partial charge in [0, 0.05) is 31.3 Å². The van der Waals surface area contributed by atoms with Gasteiger partial charge in [0.2, 0.25) is 6.29 Å². The maximum absolute atomic E-state index is 13.2. The van der Waals surface area contributed by atoms with Crippen LogP contribution in [0.3, 0.4) is 0 Å². The Bertz CT molecular complexity index is 1020. The van der Waals surface area contributed by atoms with Crippen molar-refractivity contribution < 1.29 is 19.0 Å². The number of aromatic nitrogens is 1. The van der Waals surface area contributed by atoms with E-state index in [-0.39, 0.29) is 11.7 Å². The molecule has 2 unspecified atom stereocenters. The number of Topliss-reactive ketones (excluding diaryl/α,β-unsaturated/α-hetero) is 1. The molecule has 0 spiro atoms. The fraction of sp³-hybridized carbons (Fsp3) is 0.333. The predicted octanol–water partition coefficient (Wildman–Crippen LogP) is 4.88. The van der Waals surface area contributed by atoms with Crippen LogP contribution in [0.25, 0.3) is 22.2 Å². The van der Waals surface area contributed by atoms with Crippen molar-refractivity contribution in [1.29, 1.82) is 0 Å². The Morgan fingerprint density at radius 2 is 1.97 bits per heavy atom. The van der Waals surface area contributed by atoms with Crippen LogP contribution in [0.15, 0.2) is 54.6 Å². The second-order valence-corrected chi connectivity index (χ2v) is 7.13. The van der Waals surface area contributed by atoms with Gasteiger partial charge in [-0.05, 0) is 50.1 Å². The summed E-state index contributed by atoms with van der Waals surface area (Å²) < 4.78 is 16.8. The molecule has 0 radical (unpaired) electrons. The number of hydrogen-bond acceptors (Lipinski definition) is 5. The van der Waals surface area contributed by atoms with Gasteiger partial charge in [-0.2, -0.15) is 0 Å². The third-order valence-corrected chi connectivity index (χ3v) is 5.29. The summed E-state index contributed by atoms with van der Waals surface area (Å²) in [6.07, 6.45) is 0.880. The number of ketones is 1. The zero-order valence-electron chi connectivity index (χ0n) is 16.8. The minimum absolute atomic E-state index is 0.0530. The molecule has 0 bridgehead atoms. The Labute approximate surface area is 170 Å². The molecule has 1 aliphatic rings. The summed E-state index contributed by atoms with van der Waals surface area (Å²) in [5, 5.41) is 1.09. The standard InChI is InChI=1S/C24H25NO4/c1-3-28-14-6-8-18-23(26)19-15-17(11-13-22(19)29-24(18)27-2)21-12-10-16-7-4-5-9-20(16)25-21/h4-5,7,9-13,15,18,24H,3,6,8,14H2,1-2H3. The van der Waals surface area contributed by atoms with Crippen LogP contribution >= 0.6 is 0 Å². The summed E-state index contributed by atoms with van der Waals surface area (Å²) in [6.45, 7) is 3.27. The lowest BCUT2D eigenvalue weighted by Crippen LogP contribution is -2.39. The van der Waals surface area contributed by atoms with E-state index in [0.29, 0.717) is 30.9 Å². The average Bonchev–Trinajstić information content (AvgIpc) is 2.77. The Morgan fingerprint density at radius 3 is 2.79 bits per heavy atom. The van der Waals surface area contributed by atoms with Crippen molar-refractivity contribution >= 4 is 16.7 Å². The Kier molecular flexibility index (Phi) is 5.88. The lowest BCUT2D eigenvalue weighted by atomic mass is 9.89. The van der Waals surface area contributed by atoms with E-state index >= 15 is 0 Å². The van der Waals surface area contributed by atoms with E-state index < -0.39 is 6.29 Å². The van der Waals surface area contributed by atoms with E-state index in [4.69, 9.17) is 19.2 Å². The van der Waals surface area contributed by atoms with Gasteiger partial charge >= 0.3 is 0 Å². The molecule has 0 amide bonds. The molecule has 0 fully saturated rings. The third kappa shape index (κ3) is 4.02. The molecule has 150 valence electrons. The highest BCUT2D eigenvalue weighted by Crippen LogP contribution is 2.36. The topological polar surface area (TPSA) is 57.7 Å². The molecule has 0 N–H and O–H groups in total. The highest BCUT2D eigenvalue weighted by molar-refractivity contribution is 6.02. The molecule has 4 rings (SSSR count). The zero-order valence-corrected chi connectivity index (χ0v) is 16.8. The van der Waals surface area contributed by atoms with Crippen LogP contribution in [-0.2, 0) is 9.47 Å². The van der Waals surface area contributed by atoms with Crippen LogP contribution in [0.4, 0.5) is 0 Å². The quantitative estimate of drug-likeness (QED) is 0.537. The molecule has 2 atom stereocenters. The Hall–Kier alpha value is -2.76. The highest BCUT2D eigenvalue weighted by Gasteiger charge is 2.37. The summed E-state index contributed by atoms with van der Waals surface area (Å²) >= 11 is 0. The molecule has 0 saturated carbocycles. The van der Waals surface area contributed by atoms with Gasteiger partial charge in [0.05, 0.1) is 22.7 Å². The van der Waals surface area contributed by atoms with Crippen molar-refractivity contribution in [2.45, 2.75) is 26.1 Å². The molecule has 1 aliphatic heterocycles. The fourth-order valence-electron chi connectivity index (χ4n) is 3.77. The smallest absolute Gasteiger partial charge is 0.209 e. The Balaban J connectivity index is 1.63. The second kappa shape index (κ2) is 8.72. The van der Waals surface area contributed by atoms with Gasteiger partial charge in [0.1, 0.15) is 5.75 Å². The molecule has 1 aromatic heterocycles. The minimum Gasteiger partial charge on any atom is -0.463 e. The van der Waals surface area contributed by atoms with Gasteiger partial charge in [-0.3, -0.25) is 4.79 Å². The van der Waals surface area contributed by atoms with Gasteiger partial charge in [-0.15, -0.1) is 0 Å². The summed E-state index contributed by atoms with van der Waals surface area (Å²) in [4.78, 5) is 18.0. The van der Waals surface area contributed by atoms with Crippen molar-refractivity contribution in [2.75, 3.05) is 20.3 Å². The molecule has 5 nitrogen and oxygen atoms in total. The van der Waals surface area contributed by atoms with Crippen LogP contribution in [0.2, 0.25) is 0 Å².